The molecule has 2 atom stereocenters. The van der Waals surface area contributed by atoms with Gasteiger partial charge < -0.3 is 24.8 Å². The summed E-state index contributed by atoms with van der Waals surface area (Å²) in [6.07, 6.45) is 1.06. The van der Waals surface area contributed by atoms with Crippen molar-refractivity contribution in [3.05, 3.63) is 102 Å². The van der Waals surface area contributed by atoms with Crippen molar-refractivity contribution in [2.24, 2.45) is 0 Å². The minimum atomic E-state index is -1.08. The first kappa shape index (κ1) is 29.3. The van der Waals surface area contributed by atoms with Gasteiger partial charge in [-0.3, -0.25) is 4.79 Å². The zero-order valence-corrected chi connectivity index (χ0v) is 24.4. The molecule has 0 radical (unpaired) electrons. The lowest BCUT2D eigenvalue weighted by atomic mass is 9.98. The van der Waals surface area contributed by atoms with Crippen molar-refractivity contribution in [2.45, 2.75) is 43.1 Å². The number of benzene rings is 3. The Labute approximate surface area is 249 Å². The van der Waals surface area contributed by atoms with Gasteiger partial charge in [0.2, 0.25) is 5.91 Å². The first-order valence-corrected chi connectivity index (χ1v) is 14.8. The number of carboxylic acids is 1. The normalized spacial score (nSPS) is 17.6. The second-order valence-electron chi connectivity index (χ2n) is 10.8. The van der Waals surface area contributed by atoms with Crippen LogP contribution in [0.4, 0.5) is 4.79 Å². The van der Waals surface area contributed by atoms with Crippen molar-refractivity contribution in [3.8, 4) is 16.9 Å². The van der Waals surface area contributed by atoms with Gasteiger partial charge in [-0.05, 0) is 53.8 Å². The van der Waals surface area contributed by atoms with Gasteiger partial charge in [-0.15, -0.1) is 11.8 Å². The molecule has 3 aromatic carbocycles. The van der Waals surface area contributed by atoms with Gasteiger partial charge in [-0.25, -0.2) is 9.59 Å². The molecule has 5 rings (SSSR count). The average molecular weight is 587 g/mol. The van der Waals surface area contributed by atoms with Crippen molar-refractivity contribution in [1.29, 1.82) is 0 Å². The Balaban J connectivity index is 1.35. The molecule has 1 aliphatic carbocycles. The van der Waals surface area contributed by atoms with Crippen molar-refractivity contribution < 1.29 is 29.0 Å². The molecule has 1 saturated heterocycles. The second-order valence-corrected chi connectivity index (χ2v) is 12.4. The predicted molar refractivity (Wildman–Crippen MR) is 163 cm³/mol. The van der Waals surface area contributed by atoms with Crippen LogP contribution in [-0.4, -0.2) is 63.9 Å². The van der Waals surface area contributed by atoms with Crippen LogP contribution >= 0.6 is 11.8 Å². The maximum absolute atomic E-state index is 14.0. The summed E-state index contributed by atoms with van der Waals surface area (Å²) >= 11 is 1.39. The molecule has 218 valence electrons. The number of amides is 2. The molecule has 0 aromatic heterocycles. The van der Waals surface area contributed by atoms with Crippen LogP contribution in [-0.2, 0) is 20.7 Å². The number of carboxylic acid groups (broad SMARTS) is 1. The molecule has 9 heteroatoms. The SMILES string of the molecule is C=CCOc1ccc(C[C@H](NC(=O)OCC2c3ccccc3-c3ccccc32)C(=O)N2[C@H](C(=O)O)CSC2(C)C)cc1. The van der Waals surface area contributed by atoms with Gasteiger partial charge in [0.1, 0.15) is 31.0 Å². The van der Waals surface area contributed by atoms with Crippen LogP contribution in [0.25, 0.3) is 11.1 Å². The maximum Gasteiger partial charge on any atom is 0.407 e. The van der Waals surface area contributed by atoms with E-state index >= 15 is 0 Å². The summed E-state index contributed by atoms with van der Waals surface area (Å²) in [6.45, 7) is 7.73. The summed E-state index contributed by atoms with van der Waals surface area (Å²) in [5.74, 6) is -0.774. The summed E-state index contributed by atoms with van der Waals surface area (Å²) in [5, 5.41) is 12.6. The lowest BCUT2D eigenvalue weighted by Gasteiger charge is -2.36. The van der Waals surface area contributed by atoms with Crippen LogP contribution in [0, 0.1) is 0 Å². The molecule has 1 aliphatic heterocycles. The van der Waals surface area contributed by atoms with E-state index in [1.54, 1.807) is 18.2 Å². The zero-order chi connectivity index (χ0) is 29.9. The van der Waals surface area contributed by atoms with E-state index in [0.29, 0.717) is 12.4 Å². The third kappa shape index (κ3) is 6.01. The molecule has 2 N–H and O–H groups in total. The number of fused-ring (bicyclic) bond motifs is 3. The molecule has 1 fully saturated rings. The fourth-order valence-electron chi connectivity index (χ4n) is 5.67. The second kappa shape index (κ2) is 12.3. The number of thioether (sulfide) groups is 1. The van der Waals surface area contributed by atoms with Crippen LogP contribution < -0.4 is 10.1 Å². The molecule has 2 aliphatic rings. The predicted octanol–water partition coefficient (Wildman–Crippen LogP) is 5.47. The summed E-state index contributed by atoms with van der Waals surface area (Å²) in [6, 6.07) is 21.3. The van der Waals surface area contributed by atoms with Crippen LogP contribution in [0.15, 0.2) is 85.5 Å². The van der Waals surface area contributed by atoms with Gasteiger partial charge in [0, 0.05) is 18.1 Å². The van der Waals surface area contributed by atoms with Crippen LogP contribution in [0.3, 0.4) is 0 Å². The molecular weight excluding hydrogens is 552 g/mol. The molecule has 0 bridgehead atoms. The molecule has 0 saturated carbocycles. The number of alkyl carbamates (subject to hydrolysis) is 1. The van der Waals surface area contributed by atoms with Gasteiger partial charge in [0.05, 0.1) is 4.87 Å². The number of hydrogen-bond acceptors (Lipinski definition) is 6. The molecule has 3 aromatic rings. The summed E-state index contributed by atoms with van der Waals surface area (Å²) < 4.78 is 11.3. The third-order valence-electron chi connectivity index (χ3n) is 7.67. The Morgan fingerprint density at radius 3 is 2.26 bits per heavy atom. The van der Waals surface area contributed by atoms with Crippen molar-refractivity contribution in [1.82, 2.24) is 10.2 Å². The minimum Gasteiger partial charge on any atom is -0.490 e. The molecule has 42 heavy (non-hydrogen) atoms. The Bertz CT molecular complexity index is 1440. The lowest BCUT2D eigenvalue weighted by molar-refractivity contribution is -0.151. The fraction of sp³-hybridized carbons (Fsp3) is 0.303. The van der Waals surface area contributed by atoms with Gasteiger partial charge in [0.25, 0.3) is 0 Å². The van der Waals surface area contributed by atoms with E-state index in [1.165, 1.54) is 16.7 Å². The summed E-state index contributed by atoms with van der Waals surface area (Å²) in [7, 11) is 0. The van der Waals surface area contributed by atoms with Gasteiger partial charge in [0.15, 0.2) is 0 Å². The first-order chi connectivity index (χ1) is 20.2. The van der Waals surface area contributed by atoms with Gasteiger partial charge in [-0.2, -0.15) is 0 Å². The van der Waals surface area contributed by atoms with Crippen molar-refractivity contribution in [3.63, 3.8) is 0 Å². The number of rotatable bonds is 10. The molecule has 0 unspecified atom stereocenters. The third-order valence-corrected chi connectivity index (χ3v) is 9.06. The summed E-state index contributed by atoms with van der Waals surface area (Å²) in [4.78, 5) is 39.8. The monoisotopic (exact) mass is 586 g/mol. The topological polar surface area (TPSA) is 105 Å². The highest BCUT2D eigenvalue weighted by Crippen LogP contribution is 2.44. The highest BCUT2D eigenvalue weighted by Gasteiger charge is 2.48. The molecule has 8 nitrogen and oxygen atoms in total. The van der Waals surface area contributed by atoms with E-state index in [9.17, 15) is 19.5 Å². The van der Waals surface area contributed by atoms with Crippen molar-refractivity contribution >= 4 is 29.7 Å². The highest BCUT2D eigenvalue weighted by molar-refractivity contribution is 8.00. The zero-order valence-electron chi connectivity index (χ0n) is 23.6. The number of hydrogen-bond donors (Lipinski definition) is 2. The minimum absolute atomic E-state index is 0.0962. The number of nitrogens with one attached hydrogen (secondary N) is 1. The largest absolute Gasteiger partial charge is 0.490 e. The number of carbonyl (C=O) groups is 3. The number of ether oxygens (including phenoxy) is 2. The molecule has 0 spiro atoms. The van der Waals surface area contributed by atoms with E-state index in [-0.39, 0.29) is 24.7 Å². The van der Waals surface area contributed by atoms with Gasteiger partial charge >= 0.3 is 12.1 Å². The Kier molecular flexibility index (Phi) is 8.59. The lowest BCUT2D eigenvalue weighted by Crippen LogP contribution is -2.57. The van der Waals surface area contributed by atoms with Crippen molar-refractivity contribution in [2.75, 3.05) is 19.0 Å². The first-order valence-electron chi connectivity index (χ1n) is 13.8. The summed E-state index contributed by atoms with van der Waals surface area (Å²) in [5.41, 5.74) is 5.17. The Morgan fingerprint density at radius 2 is 1.67 bits per heavy atom. The number of aliphatic carboxylic acids is 1. The van der Waals surface area contributed by atoms with Crippen LogP contribution in [0.2, 0.25) is 0 Å². The van der Waals surface area contributed by atoms with E-state index in [0.717, 1.165) is 27.8 Å². The molecule has 2 amide bonds. The van der Waals surface area contributed by atoms with E-state index in [4.69, 9.17) is 9.47 Å². The Hall–Kier alpha value is -4.24. The highest BCUT2D eigenvalue weighted by atomic mass is 32.2. The standard InChI is InChI=1S/C33H34N2O6S/c1-4-17-40-22-15-13-21(14-16-22)18-28(30(36)35-29(31(37)38)20-42-33(35,2)3)34-32(39)41-19-27-25-11-7-5-9-23(25)24-10-6-8-12-26(24)27/h4-16,27-29H,1,17-20H2,2-3H3,(H,34,39)(H,37,38)/t28-,29-/m0/s1. The van der Waals surface area contributed by atoms with Gasteiger partial charge in [-0.1, -0.05) is 73.3 Å². The van der Waals surface area contributed by atoms with Crippen LogP contribution in [0.5, 0.6) is 5.75 Å². The van der Waals surface area contributed by atoms with E-state index in [2.05, 4.69) is 24.0 Å². The molecular formula is C33H34N2O6S. The van der Waals surface area contributed by atoms with E-state index in [1.807, 2.05) is 62.4 Å². The molecule has 1 heterocycles. The fourth-order valence-corrected chi connectivity index (χ4v) is 6.88. The smallest absolute Gasteiger partial charge is 0.407 e. The van der Waals surface area contributed by atoms with Crippen LogP contribution in [0.1, 0.15) is 36.5 Å². The number of carbonyl (C=O) groups excluding carboxylic acids is 2. The number of nitrogens with zero attached hydrogens (tertiary/aromatic N) is 1. The average Bonchev–Trinajstić information content (AvgIpc) is 3.48. The quantitative estimate of drug-likeness (QED) is 0.304. The maximum atomic E-state index is 14.0. The van der Waals surface area contributed by atoms with E-state index < -0.39 is 34.9 Å². The Morgan fingerprint density at radius 1 is 1.05 bits per heavy atom.